The summed E-state index contributed by atoms with van der Waals surface area (Å²) in [7, 11) is 1.92. The SMILES string of the molecule is Cn1c(C2CCCCC2)cc2ccccc2c1=O. The zero-order valence-corrected chi connectivity index (χ0v) is 10.9. The predicted molar refractivity (Wildman–Crippen MR) is 75.0 cm³/mol. The summed E-state index contributed by atoms with van der Waals surface area (Å²) in [6, 6.07) is 10.1. The van der Waals surface area contributed by atoms with Gasteiger partial charge in [-0.3, -0.25) is 4.79 Å². The highest BCUT2D eigenvalue weighted by molar-refractivity contribution is 5.81. The predicted octanol–water partition coefficient (Wildman–Crippen LogP) is 3.59. The first-order valence-corrected chi connectivity index (χ1v) is 6.86. The van der Waals surface area contributed by atoms with Crippen LogP contribution in [0.4, 0.5) is 0 Å². The molecule has 2 nitrogen and oxygen atoms in total. The molecule has 94 valence electrons. The van der Waals surface area contributed by atoms with E-state index in [0.717, 1.165) is 10.8 Å². The molecule has 0 radical (unpaired) electrons. The summed E-state index contributed by atoms with van der Waals surface area (Å²) in [5.74, 6) is 0.570. The highest BCUT2D eigenvalue weighted by atomic mass is 16.1. The largest absolute Gasteiger partial charge is 0.315 e. The van der Waals surface area contributed by atoms with Crippen LogP contribution in [0.1, 0.15) is 43.7 Å². The second-order valence-corrected chi connectivity index (χ2v) is 5.36. The Bertz CT molecular complexity index is 621. The van der Waals surface area contributed by atoms with Crippen molar-refractivity contribution in [2.24, 2.45) is 7.05 Å². The molecule has 0 aliphatic heterocycles. The topological polar surface area (TPSA) is 22.0 Å². The van der Waals surface area contributed by atoms with Crippen LogP contribution in [-0.2, 0) is 7.05 Å². The lowest BCUT2D eigenvalue weighted by Gasteiger charge is -2.24. The molecule has 0 bridgehead atoms. The number of hydrogen-bond acceptors (Lipinski definition) is 1. The Morgan fingerprint density at radius 1 is 1.11 bits per heavy atom. The van der Waals surface area contributed by atoms with Crippen LogP contribution in [0, 0.1) is 0 Å². The van der Waals surface area contributed by atoms with E-state index in [2.05, 4.69) is 6.07 Å². The average Bonchev–Trinajstić information content (AvgIpc) is 2.44. The molecule has 2 aromatic rings. The van der Waals surface area contributed by atoms with Gasteiger partial charge < -0.3 is 4.57 Å². The zero-order chi connectivity index (χ0) is 12.5. The van der Waals surface area contributed by atoms with Gasteiger partial charge in [-0.1, -0.05) is 37.5 Å². The fourth-order valence-electron chi connectivity index (χ4n) is 3.16. The van der Waals surface area contributed by atoms with Crippen molar-refractivity contribution in [1.29, 1.82) is 0 Å². The van der Waals surface area contributed by atoms with Gasteiger partial charge in [-0.15, -0.1) is 0 Å². The van der Waals surface area contributed by atoms with Gasteiger partial charge in [-0.2, -0.15) is 0 Å². The van der Waals surface area contributed by atoms with Gasteiger partial charge in [0.2, 0.25) is 0 Å². The Hall–Kier alpha value is -1.57. The molecule has 0 saturated heterocycles. The minimum Gasteiger partial charge on any atom is -0.315 e. The van der Waals surface area contributed by atoms with E-state index in [1.807, 2.05) is 35.9 Å². The second kappa shape index (κ2) is 4.60. The molecule has 1 aromatic carbocycles. The third-order valence-corrected chi connectivity index (χ3v) is 4.21. The molecule has 18 heavy (non-hydrogen) atoms. The minimum atomic E-state index is 0.147. The molecule has 1 heterocycles. The lowest BCUT2D eigenvalue weighted by Crippen LogP contribution is -2.23. The van der Waals surface area contributed by atoms with E-state index < -0.39 is 0 Å². The first-order valence-electron chi connectivity index (χ1n) is 6.86. The third kappa shape index (κ3) is 1.86. The Morgan fingerprint density at radius 3 is 2.61 bits per heavy atom. The molecule has 1 aliphatic rings. The van der Waals surface area contributed by atoms with Gasteiger partial charge in [0.1, 0.15) is 0 Å². The monoisotopic (exact) mass is 241 g/mol. The van der Waals surface area contributed by atoms with Crippen molar-refractivity contribution in [2.75, 3.05) is 0 Å². The van der Waals surface area contributed by atoms with Crippen molar-refractivity contribution < 1.29 is 0 Å². The first-order chi connectivity index (χ1) is 8.77. The summed E-state index contributed by atoms with van der Waals surface area (Å²) in [5, 5.41) is 1.92. The van der Waals surface area contributed by atoms with Gasteiger partial charge in [0.25, 0.3) is 5.56 Å². The van der Waals surface area contributed by atoms with E-state index in [4.69, 9.17) is 0 Å². The number of benzene rings is 1. The Kier molecular flexibility index (Phi) is 2.94. The highest BCUT2D eigenvalue weighted by Gasteiger charge is 2.19. The highest BCUT2D eigenvalue weighted by Crippen LogP contribution is 2.32. The standard InChI is InChI=1S/C16H19NO/c1-17-15(12-7-3-2-4-8-12)11-13-9-5-6-10-14(13)16(17)18/h5-6,9-12H,2-4,7-8H2,1H3. The molecule has 1 fully saturated rings. The third-order valence-electron chi connectivity index (χ3n) is 4.21. The molecule has 0 spiro atoms. The Labute approximate surface area is 107 Å². The molecule has 0 N–H and O–H groups in total. The molecule has 1 aliphatic carbocycles. The van der Waals surface area contributed by atoms with Gasteiger partial charge in [0.15, 0.2) is 0 Å². The van der Waals surface area contributed by atoms with E-state index in [1.54, 1.807) is 0 Å². The number of rotatable bonds is 1. The molecule has 1 saturated carbocycles. The molecule has 2 heteroatoms. The van der Waals surface area contributed by atoms with Crippen LogP contribution in [0.25, 0.3) is 10.8 Å². The van der Waals surface area contributed by atoms with Gasteiger partial charge in [0.05, 0.1) is 0 Å². The summed E-state index contributed by atoms with van der Waals surface area (Å²) >= 11 is 0. The maximum absolute atomic E-state index is 12.4. The van der Waals surface area contributed by atoms with Crippen LogP contribution >= 0.6 is 0 Å². The molecule has 1 aromatic heterocycles. The van der Waals surface area contributed by atoms with E-state index in [1.165, 1.54) is 37.8 Å². The quantitative estimate of drug-likeness (QED) is 0.748. The van der Waals surface area contributed by atoms with Crippen molar-refractivity contribution in [3.63, 3.8) is 0 Å². The summed E-state index contributed by atoms with van der Waals surface area (Å²) in [5.41, 5.74) is 1.37. The van der Waals surface area contributed by atoms with Gasteiger partial charge in [0, 0.05) is 18.1 Å². The molecule has 0 atom stereocenters. The van der Waals surface area contributed by atoms with Crippen molar-refractivity contribution in [3.8, 4) is 0 Å². The van der Waals surface area contributed by atoms with E-state index in [-0.39, 0.29) is 5.56 Å². The van der Waals surface area contributed by atoms with Crippen LogP contribution in [0.2, 0.25) is 0 Å². The maximum Gasteiger partial charge on any atom is 0.258 e. The van der Waals surface area contributed by atoms with Crippen LogP contribution < -0.4 is 5.56 Å². The van der Waals surface area contributed by atoms with Gasteiger partial charge in [-0.25, -0.2) is 0 Å². The molecule has 0 amide bonds. The van der Waals surface area contributed by atoms with Gasteiger partial charge in [-0.05, 0) is 36.3 Å². The average molecular weight is 241 g/mol. The molecule has 0 unspecified atom stereocenters. The smallest absolute Gasteiger partial charge is 0.258 e. The number of aromatic nitrogens is 1. The molecular formula is C16H19NO. The summed E-state index contributed by atoms with van der Waals surface area (Å²) < 4.78 is 1.86. The van der Waals surface area contributed by atoms with E-state index >= 15 is 0 Å². The number of pyridine rings is 1. The molecular weight excluding hydrogens is 222 g/mol. The van der Waals surface area contributed by atoms with Gasteiger partial charge >= 0.3 is 0 Å². The van der Waals surface area contributed by atoms with Crippen LogP contribution in [0.5, 0.6) is 0 Å². The summed E-state index contributed by atoms with van der Waals surface area (Å²) in [6.07, 6.45) is 6.40. The van der Waals surface area contributed by atoms with Crippen molar-refractivity contribution in [3.05, 3.63) is 46.4 Å². The normalized spacial score (nSPS) is 17.2. The van der Waals surface area contributed by atoms with Crippen LogP contribution in [0.3, 0.4) is 0 Å². The summed E-state index contributed by atoms with van der Waals surface area (Å²) in [6.45, 7) is 0. The van der Waals surface area contributed by atoms with Crippen molar-refractivity contribution in [1.82, 2.24) is 4.57 Å². The zero-order valence-electron chi connectivity index (χ0n) is 10.9. The van der Waals surface area contributed by atoms with Crippen molar-refractivity contribution in [2.45, 2.75) is 38.0 Å². The first kappa shape index (κ1) is 11.5. The fraction of sp³-hybridized carbons (Fsp3) is 0.438. The lowest BCUT2D eigenvalue weighted by atomic mass is 9.86. The molecule has 3 rings (SSSR count). The van der Waals surface area contributed by atoms with E-state index in [0.29, 0.717) is 5.92 Å². The second-order valence-electron chi connectivity index (χ2n) is 5.36. The van der Waals surface area contributed by atoms with Crippen LogP contribution in [-0.4, -0.2) is 4.57 Å². The minimum absolute atomic E-state index is 0.147. The lowest BCUT2D eigenvalue weighted by molar-refractivity contribution is 0.426. The van der Waals surface area contributed by atoms with E-state index in [9.17, 15) is 4.79 Å². The fourth-order valence-corrected chi connectivity index (χ4v) is 3.16. The maximum atomic E-state index is 12.4. The van der Waals surface area contributed by atoms with Crippen LogP contribution in [0.15, 0.2) is 35.1 Å². The number of fused-ring (bicyclic) bond motifs is 1. The Balaban J connectivity index is 2.17. The summed E-state index contributed by atoms with van der Waals surface area (Å²) in [4.78, 5) is 12.4. The number of hydrogen-bond donors (Lipinski definition) is 0. The Morgan fingerprint density at radius 2 is 1.83 bits per heavy atom. The number of nitrogens with zero attached hydrogens (tertiary/aromatic N) is 1. The van der Waals surface area contributed by atoms with Crippen molar-refractivity contribution >= 4 is 10.8 Å².